The number of ether oxygens (including phenoxy) is 1. The summed E-state index contributed by atoms with van der Waals surface area (Å²) in [6.07, 6.45) is 2.21. The van der Waals surface area contributed by atoms with E-state index in [1.165, 1.54) is 4.31 Å². The first-order valence-corrected chi connectivity index (χ1v) is 10.6. The van der Waals surface area contributed by atoms with E-state index in [1.807, 2.05) is 0 Å². The van der Waals surface area contributed by atoms with Crippen LogP contribution in [-0.4, -0.2) is 69.0 Å². The number of carbonyl (C=O) groups excluding carboxylic acids is 1. The van der Waals surface area contributed by atoms with Crippen LogP contribution in [0.1, 0.15) is 19.3 Å². The molecule has 2 aliphatic rings. The van der Waals surface area contributed by atoms with Gasteiger partial charge in [0.15, 0.2) is 0 Å². The summed E-state index contributed by atoms with van der Waals surface area (Å²) in [7, 11) is -3.53. The van der Waals surface area contributed by atoms with E-state index >= 15 is 0 Å². The molecule has 3 rings (SSSR count). The average molecular weight is 381 g/mol. The minimum Gasteiger partial charge on any atom is -0.381 e. The molecule has 2 heterocycles. The van der Waals surface area contributed by atoms with Crippen LogP contribution >= 0.6 is 0 Å². The van der Waals surface area contributed by atoms with E-state index in [-0.39, 0.29) is 11.8 Å². The van der Waals surface area contributed by atoms with Gasteiger partial charge in [0, 0.05) is 39.4 Å². The highest BCUT2D eigenvalue weighted by Crippen LogP contribution is 2.21. The van der Waals surface area contributed by atoms with Crippen LogP contribution in [0, 0.1) is 5.92 Å². The molecule has 2 N–H and O–H groups in total. The molecule has 144 valence electrons. The second-order valence-corrected chi connectivity index (χ2v) is 8.81. The summed E-state index contributed by atoms with van der Waals surface area (Å²) < 4.78 is 32.4. The zero-order valence-electron chi connectivity index (χ0n) is 14.9. The van der Waals surface area contributed by atoms with Crippen LogP contribution in [0.5, 0.6) is 0 Å². The molecule has 1 aromatic carbocycles. The predicted molar refractivity (Wildman–Crippen MR) is 97.9 cm³/mol. The number of sulfonamides is 1. The smallest absolute Gasteiger partial charge is 0.243 e. The molecule has 2 saturated heterocycles. The van der Waals surface area contributed by atoms with Gasteiger partial charge in [-0.2, -0.15) is 4.31 Å². The van der Waals surface area contributed by atoms with Crippen molar-refractivity contribution in [1.29, 1.82) is 0 Å². The molecular weight excluding hydrogens is 354 g/mol. The second-order valence-electron chi connectivity index (χ2n) is 6.87. The van der Waals surface area contributed by atoms with E-state index in [4.69, 9.17) is 10.5 Å². The molecule has 26 heavy (non-hydrogen) atoms. The van der Waals surface area contributed by atoms with Gasteiger partial charge in [0.05, 0.1) is 10.9 Å². The molecule has 7 nitrogen and oxygen atoms in total. The fraction of sp³-hybridized carbons (Fsp3) is 0.611. The highest BCUT2D eigenvalue weighted by Gasteiger charge is 2.32. The van der Waals surface area contributed by atoms with E-state index < -0.39 is 16.1 Å². The maximum atomic E-state index is 12.8. The molecule has 2 fully saturated rings. The van der Waals surface area contributed by atoms with Gasteiger partial charge >= 0.3 is 0 Å². The maximum absolute atomic E-state index is 12.8. The van der Waals surface area contributed by atoms with Gasteiger partial charge in [0.1, 0.15) is 0 Å². The fourth-order valence-electron chi connectivity index (χ4n) is 3.58. The Morgan fingerprint density at radius 3 is 2.46 bits per heavy atom. The topological polar surface area (TPSA) is 92.9 Å². The van der Waals surface area contributed by atoms with E-state index in [2.05, 4.69) is 0 Å². The molecule has 1 atom stereocenters. The summed E-state index contributed by atoms with van der Waals surface area (Å²) in [5, 5.41) is 0. The first-order chi connectivity index (χ1) is 12.5. The lowest BCUT2D eigenvalue weighted by molar-refractivity contribution is -0.134. The molecule has 0 saturated carbocycles. The lowest BCUT2D eigenvalue weighted by Gasteiger charge is -2.31. The van der Waals surface area contributed by atoms with E-state index in [0.717, 1.165) is 12.8 Å². The molecule has 8 heteroatoms. The van der Waals surface area contributed by atoms with Crippen molar-refractivity contribution in [3.8, 4) is 0 Å². The molecule has 1 aromatic rings. The van der Waals surface area contributed by atoms with Crippen molar-refractivity contribution in [2.45, 2.75) is 30.2 Å². The van der Waals surface area contributed by atoms with Crippen LogP contribution < -0.4 is 5.73 Å². The van der Waals surface area contributed by atoms with Gasteiger partial charge in [-0.15, -0.1) is 0 Å². The quantitative estimate of drug-likeness (QED) is 0.827. The first-order valence-electron chi connectivity index (χ1n) is 9.17. The van der Waals surface area contributed by atoms with Crippen LogP contribution in [0.15, 0.2) is 35.2 Å². The van der Waals surface area contributed by atoms with Crippen molar-refractivity contribution >= 4 is 15.9 Å². The Bertz CT molecular complexity index is 704. The van der Waals surface area contributed by atoms with Crippen molar-refractivity contribution in [2.75, 3.05) is 39.4 Å². The standard InChI is InChI=1S/C18H27N3O4S/c19-17(15-7-13-25-14-8-15)18(22)20-9-4-10-21(12-11-20)26(23,24)16-5-2-1-3-6-16/h1-3,5-6,15,17H,4,7-14,19H2. The molecule has 0 bridgehead atoms. The number of nitrogens with two attached hydrogens (primary N) is 1. The number of benzene rings is 1. The highest BCUT2D eigenvalue weighted by molar-refractivity contribution is 7.89. The zero-order chi connectivity index (χ0) is 18.6. The largest absolute Gasteiger partial charge is 0.381 e. The van der Waals surface area contributed by atoms with Gasteiger partial charge in [-0.3, -0.25) is 4.79 Å². The molecule has 1 amide bonds. The van der Waals surface area contributed by atoms with Gasteiger partial charge in [-0.25, -0.2) is 8.42 Å². The third-order valence-electron chi connectivity index (χ3n) is 5.21. The molecular formula is C18H27N3O4S. The molecule has 1 unspecified atom stereocenters. The van der Waals surface area contributed by atoms with E-state index in [9.17, 15) is 13.2 Å². The predicted octanol–water partition coefficient (Wildman–Crippen LogP) is 0.664. The lowest BCUT2D eigenvalue weighted by atomic mass is 9.91. The monoisotopic (exact) mass is 381 g/mol. The number of nitrogens with zero attached hydrogens (tertiary/aromatic N) is 2. The van der Waals surface area contributed by atoms with Crippen molar-refractivity contribution in [3.05, 3.63) is 30.3 Å². The summed E-state index contributed by atoms with van der Waals surface area (Å²) in [5.74, 6) is 0.0690. The number of amides is 1. The minimum atomic E-state index is -3.53. The van der Waals surface area contributed by atoms with Gasteiger partial charge in [-0.1, -0.05) is 18.2 Å². The Hall–Kier alpha value is -1.48. The Kier molecular flexibility index (Phi) is 6.29. The fourth-order valence-corrected chi connectivity index (χ4v) is 5.07. The van der Waals surface area contributed by atoms with Crippen LogP contribution in [0.3, 0.4) is 0 Å². The lowest BCUT2D eigenvalue weighted by Crippen LogP contribution is -2.50. The molecule has 0 aliphatic carbocycles. The minimum absolute atomic E-state index is 0.0733. The number of rotatable bonds is 4. The molecule has 0 spiro atoms. The SMILES string of the molecule is NC(C(=O)N1CCCN(S(=O)(=O)c2ccccc2)CC1)C1CCOCC1. The van der Waals surface area contributed by atoms with Crippen LogP contribution in [-0.2, 0) is 19.6 Å². The van der Waals surface area contributed by atoms with Gasteiger partial charge in [-0.05, 0) is 37.3 Å². The van der Waals surface area contributed by atoms with Crippen molar-refractivity contribution < 1.29 is 17.9 Å². The van der Waals surface area contributed by atoms with Gasteiger partial charge in [0.2, 0.25) is 15.9 Å². The van der Waals surface area contributed by atoms with Crippen LogP contribution in [0.4, 0.5) is 0 Å². The molecule has 2 aliphatic heterocycles. The number of carbonyl (C=O) groups is 1. The van der Waals surface area contributed by atoms with Crippen LogP contribution in [0.2, 0.25) is 0 Å². The number of hydrogen-bond acceptors (Lipinski definition) is 5. The molecule has 0 radical (unpaired) electrons. The van der Waals surface area contributed by atoms with Crippen molar-refractivity contribution in [1.82, 2.24) is 9.21 Å². The third-order valence-corrected chi connectivity index (χ3v) is 7.12. The Morgan fingerprint density at radius 1 is 1.08 bits per heavy atom. The number of hydrogen-bond donors (Lipinski definition) is 1. The Balaban J connectivity index is 1.63. The average Bonchev–Trinajstić information content (AvgIpc) is 2.95. The van der Waals surface area contributed by atoms with Gasteiger partial charge in [0.25, 0.3) is 0 Å². The first kappa shape index (κ1) is 19.3. The summed E-state index contributed by atoms with van der Waals surface area (Å²) >= 11 is 0. The van der Waals surface area contributed by atoms with E-state index in [1.54, 1.807) is 35.2 Å². The van der Waals surface area contributed by atoms with Crippen LogP contribution in [0.25, 0.3) is 0 Å². The summed E-state index contributed by atoms with van der Waals surface area (Å²) in [6.45, 7) is 2.92. The summed E-state index contributed by atoms with van der Waals surface area (Å²) in [4.78, 5) is 14.8. The second kappa shape index (κ2) is 8.47. The normalized spacial score (nSPS) is 22.0. The van der Waals surface area contributed by atoms with Gasteiger partial charge < -0.3 is 15.4 Å². The van der Waals surface area contributed by atoms with Crippen molar-refractivity contribution in [3.63, 3.8) is 0 Å². The highest BCUT2D eigenvalue weighted by atomic mass is 32.2. The maximum Gasteiger partial charge on any atom is 0.243 e. The van der Waals surface area contributed by atoms with E-state index in [0.29, 0.717) is 50.7 Å². The summed E-state index contributed by atoms with van der Waals surface area (Å²) in [6, 6.07) is 7.89. The Morgan fingerprint density at radius 2 is 1.77 bits per heavy atom. The third kappa shape index (κ3) is 4.25. The summed E-state index contributed by atoms with van der Waals surface area (Å²) in [5.41, 5.74) is 6.21. The van der Waals surface area contributed by atoms with Crippen molar-refractivity contribution in [2.24, 2.45) is 11.7 Å². The molecule has 0 aromatic heterocycles. The zero-order valence-corrected chi connectivity index (χ0v) is 15.7. The Labute approximate surface area is 155 Å².